The van der Waals surface area contributed by atoms with Crippen LogP contribution in [0, 0.1) is 0 Å². The lowest BCUT2D eigenvalue weighted by atomic mass is 10.1. The minimum Gasteiger partial charge on any atom is -0.359 e. The second-order valence-corrected chi connectivity index (χ2v) is 5.32. The summed E-state index contributed by atoms with van der Waals surface area (Å²) in [5, 5.41) is 3.60. The van der Waals surface area contributed by atoms with Crippen LogP contribution in [0.2, 0.25) is 0 Å². The van der Waals surface area contributed by atoms with Gasteiger partial charge in [0.05, 0.1) is 0 Å². The molecule has 0 unspecified atom stereocenters. The van der Waals surface area contributed by atoms with Crippen LogP contribution in [0.5, 0.6) is 0 Å². The molecule has 0 aliphatic carbocycles. The molecule has 0 saturated carbocycles. The molecule has 2 aromatic rings. The van der Waals surface area contributed by atoms with Crippen LogP contribution in [-0.2, 0) is 0 Å². The van der Waals surface area contributed by atoms with E-state index in [1.807, 2.05) is 6.20 Å². The van der Waals surface area contributed by atoms with Crippen molar-refractivity contribution in [1.29, 1.82) is 0 Å². The Kier molecular flexibility index (Phi) is 5.00. The normalized spacial score (nSPS) is 10.8. The summed E-state index contributed by atoms with van der Waals surface area (Å²) in [5.41, 5.74) is 0. The molecule has 18 heavy (non-hydrogen) atoms. The highest BCUT2D eigenvalue weighted by Gasteiger charge is 2.06. The van der Waals surface area contributed by atoms with Gasteiger partial charge >= 0.3 is 0 Å². The van der Waals surface area contributed by atoms with Gasteiger partial charge in [0.15, 0.2) is 0 Å². The summed E-state index contributed by atoms with van der Waals surface area (Å²) in [5.74, 6) is 1.09. The Morgan fingerprint density at radius 3 is 2.78 bits per heavy atom. The Bertz CT molecular complexity index is 493. The van der Waals surface area contributed by atoms with E-state index in [1.165, 1.54) is 30.0 Å². The van der Waals surface area contributed by atoms with Crippen molar-refractivity contribution in [3.63, 3.8) is 0 Å². The average Bonchev–Trinajstić information content (AvgIpc) is 2.43. The lowest BCUT2D eigenvalue weighted by Crippen LogP contribution is -2.19. The fourth-order valence-corrected chi connectivity index (χ4v) is 2.53. The van der Waals surface area contributed by atoms with E-state index in [4.69, 9.17) is 0 Å². The third-order valence-corrected chi connectivity index (χ3v) is 3.70. The largest absolute Gasteiger partial charge is 0.359 e. The predicted molar refractivity (Wildman–Crippen MR) is 82.7 cm³/mol. The summed E-state index contributed by atoms with van der Waals surface area (Å²) in [6.45, 7) is 1.06. The van der Waals surface area contributed by atoms with Gasteiger partial charge in [0.1, 0.15) is 5.82 Å². The van der Waals surface area contributed by atoms with Crippen molar-refractivity contribution >= 4 is 32.5 Å². The Hall–Kier alpha value is -1.09. The smallest absolute Gasteiger partial charge is 0.136 e. The monoisotopic (exact) mass is 306 g/mol. The fourth-order valence-electron chi connectivity index (χ4n) is 2.13. The molecule has 1 heterocycles. The van der Waals surface area contributed by atoms with E-state index in [9.17, 15) is 0 Å². The number of benzene rings is 1. The van der Waals surface area contributed by atoms with Crippen molar-refractivity contribution < 1.29 is 0 Å². The highest BCUT2D eigenvalue weighted by atomic mass is 79.9. The lowest BCUT2D eigenvalue weighted by molar-refractivity contribution is 0.708. The van der Waals surface area contributed by atoms with Crippen molar-refractivity contribution in [2.24, 2.45) is 0 Å². The second-order valence-electron chi connectivity index (χ2n) is 4.53. The van der Waals surface area contributed by atoms with Gasteiger partial charge in [-0.25, -0.2) is 4.98 Å². The molecule has 0 aliphatic heterocycles. The maximum Gasteiger partial charge on any atom is 0.136 e. The fraction of sp³-hybridized carbons (Fsp3) is 0.400. The van der Waals surface area contributed by atoms with Gasteiger partial charge in [-0.3, -0.25) is 0 Å². The number of pyridine rings is 1. The first kappa shape index (κ1) is 13.3. The van der Waals surface area contributed by atoms with Gasteiger partial charge in [0, 0.05) is 30.5 Å². The van der Waals surface area contributed by atoms with Crippen LogP contribution < -0.4 is 4.90 Å². The molecule has 0 saturated heterocycles. The van der Waals surface area contributed by atoms with E-state index in [2.05, 4.69) is 63.2 Å². The van der Waals surface area contributed by atoms with E-state index in [1.54, 1.807) is 0 Å². The summed E-state index contributed by atoms with van der Waals surface area (Å²) < 4.78 is 0. The first-order valence-electron chi connectivity index (χ1n) is 6.44. The number of anilines is 1. The average molecular weight is 307 g/mol. The quantitative estimate of drug-likeness (QED) is 0.586. The predicted octanol–water partition coefficient (Wildman–Crippen LogP) is 4.24. The van der Waals surface area contributed by atoms with Gasteiger partial charge in [0.2, 0.25) is 0 Å². The third kappa shape index (κ3) is 3.22. The van der Waals surface area contributed by atoms with Gasteiger partial charge in [-0.15, -0.1) is 0 Å². The van der Waals surface area contributed by atoms with Crippen molar-refractivity contribution in [2.75, 3.05) is 23.8 Å². The number of hydrogen-bond acceptors (Lipinski definition) is 2. The summed E-state index contributed by atoms with van der Waals surface area (Å²) in [4.78, 5) is 6.78. The Morgan fingerprint density at radius 1 is 1.11 bits per heavy atom. The minimum atomic E-state index is 1.06. The molecule has 0 radical (unpaired) electrons. The number of rotatable bonds is 6. The molecule has 0 fully saturated rings. The van der Waals surface area contributed by atoms with Crippen LogP contribution in [0.4, 0.5) is 5.82 Å². The minimum absolute atomic E-state index is 1.06. The zero-order chi connectivity index (χ0) is 12.8. The van der Waals surface area contributed by atoms with Crippen LogP contribution in [0.25, 0.3) is 10.8 Å². The molecule has 0 amide bonds. The topological polar surface area (TPSA) is 16.1 Å². The number of alkyl halides is 1. The van der Waals surface area contributed by atoms with Gasteiger partial charge in [-0.2, -0.15) is 0 Å². The summed E-state index contributed by atoms with van der Waals surface area (Å²) >= 11 is 3.47. The molecule has 0 spiro atoms. The van der Waals surface area contributed by atoms with E-state index in [0.717, 1.165) is 17.7 Å². The molecule has 3 heteroatoms. The molecule has 0 N–H and O–H groups in total. The molecule has 0 aliphatic rings. The SMILES string of the molecule is CN(CCCCCBr)c1nccc2ccccc12. The zero-order valence-electron chi connectivity index (χ0n) is 10.8. The van der Waals surface area contributed by atoms with Crippen LogP contribution in [0.15, 0.2) is 36.5 Å². The molecule has 0 atom stereocenters. The first-order chi connectivity index (χ1) is 8.83. The van der Waals surface area contributed by atoms with E-state index >= 15 is 0 Å². The van der Waals surface area contributed by atoms with Crippen LogP contribution in [0.1, 0.15) is 19.3 Å². The molecule has 0 bridgehead atoms. The summed E-state index contributed by atoms with van der Waals surface area (Å²) in [7, 11) is 2.13. The number of aromatic nitrogens is 1. The molecule has 1 aromatic carbocycles. The summed E-state index contributed by atoms with van der Waals surface area (Å²) in [6, 6.07) is 10.5. The van der Waals surface area contributed by atoms with E-state index in [-0.39, 0.29) is 0 Å². The van der Waals surface area contributed by atoms with Crippen molar-refractivity contribution in [3.05, 3.63) is 36.5 Å². The maximum absolute atomic E-state index is 4.52. The second kappa shape index (κ2) is 6.74. The molecule has 96 valence electrons. The van der Waals surface area contributed by atoms with Crippen LogP contribution in [0.3, 0.4) is 0 Å². The molecular formula is C15H19BrN2. The number of unbranched alkanes of at least 4 members (excludes halogenated alkanes) is 2. The first-order valence-corrected chi connectivity index (χ1v) is 7.56. The Morgan fingerprint density at radius 2 is 1.94 bits per heavy atom. The van der Waals surface area contributed by atoms with Crippen molar-refractivity contribution in [2.45, 2.75) is 19.3 Å². The van der Waals surface area contributed by atoms with E-state index < -0.39 is 0 Å². The number of fused-ring (bicyclic) bond motifs is 1. The number of nitrogens with zero attached hydrogens (tertiary/aromatic N) is 2. The van der Waals surface area contributed by atoms with Crippen molar-refractivity contribution in [3.8, 4) is 0 Å². The molecule has 2 nitrogen and oxygen atoms in total. The van der Waals surface area contributed by atoms with Gasteiger partial charge in [-0.05, 0) is 24.3 Å². The van der Waals surface area contributed by atoms with Crippen LogP contribution in [-0.4, -0.2) is 23.9 Å². The Labute approximate surface area is 117 Å². The highest BCUT2D eigenvalue weighted by Crippen LogP contribution is 2.23. The van der Waals surface area contributed by atoms with Gasteiger partial charge < -0.3 is 4.90 Å². The molecule has 1 aromatic heterocycles. The Balaban J connectivity index is 2.10. The van der Waals surface area contributed by atoms with Gasteiger partial charge in [0.25, 0.3) is 0 Å². The zero-order valence-corrected chi connectivity index (χ0v) is 12.4. The number of hydrogen-bond donors (Lipinski definition) is 0. The van der Waals surface area contributed by atoms with Crippen LogP contribution >= 0.6 is 15.9 Å². The van der Waals surface area contributed by atoms with E-state index in [0.29, 0.717) is 0 Å². The molecule has 2 rings (SSSR count). The molecular weight excluding hydrogens is 288 g/mol. The summed E-state index contributed by atoms with van der Waals surface area (Å²) in [6.07, 6.45) is 5.62. The highest BCUT2D eigenvalue weighted by molar-refractivity contribution is 9.09. The lowest BCUT2D eigenvalue weighted by Gasteiger charge is -2.19. The standard InChI is InChI=1S/C15H19BrN2/c1-18(12-6-2-5-10-16)15-14-8-4-3-7-13(14)9-11-17-15/h3-4,7-9,11H,2,5-6,10,12H2,1H3. The third-order valence-electron chi connectivity index (χ3n) is 3.14. The number of halogens is 1. The maximum atomic E-state index is 4.52. The van der Waals surface area contributed by atoms with Gasteiger partial charge in [-0.1, -0.05) is 46.6 Å². The van der Waals surface area contributed by atoms with Crippen molar-refractivity contribution in [1.82, 2.24) is 4.98 Å².